The molecule has 0 aliphatic heterocycles. The fourth-order valence-corrected chi connectivity index (χ4v) is 0.991. The Morgan fingerprint density at radius 3 is 2.43 bits per heavy atom. The van der Waals surface area contributed by atoms with E-state index in [1.807, 2.05) is 26.0 Å². The standard InChI is InChI=1S/C12H22N2/c1-6-12(13)8-11(10(3)4)9-14(5)7-2/h6,8H,3,7,9,13H2,1-2,4-5H3/b11-8-,12-6+. The van der Waals surface area contributed by atoms with Gasteiger partial charge in [-0.1, -0.05) is 25.2 Å². The van der Waals surface area contributed by atoms with E-state index >= 15 is 0 Å². The van der Waals surface area contributed by atoms with E-state index in [0.717, 1.165) is 24.4 Å². The topological polar surface area (TPSA) is 29.3 Å². The molecule has 0 atom stereocenters. The highest BCUT2D eigenvalue weighted by Crippen LogP contribution is 2.10. The van der Waals surface area contributed by atoms with Gasteiger partial charge in [-0.2, -0.15) is 0 Å². The van der Waals surface area contributed by atoms with Gasteiger partial charge >= 0.3 is 0 Å². The van der Waals surface area contributed by atoms with Gasteiger partial charge in [-0.15, -0.1) is 0 Å². The van der Waals surface area contributed by atoms with E-state index in [1.165, 1.54) is 5.57 Å². The van der Waals surface area contributed by atoms with E-state index in [1.54, 1.807) is 0 Å². The molecule has 2 heteroatoms. The maximum atomic E-state index is 5.75. The molecule has 0 heterocycles. The molecule has 0 fully saturated rings. The van der Waals surface area contributed by atoms with Gasteiger partial charge in [0.25, 0.3) is 0 Å². The Balaban J connectivity index is 4.61. The van der Waals surface area contributed by atoms with Crippen LogP contribution >= 0.6 is 0 Å². The molecule has 0 rings (SSSR count). The second kappa shape index (κ2) is 6.44. The molecule has 14 heavy (non-hydrogen) atoms. The van der Waals surface area contributed by atoms with Gasteiger partial charge in [0.2, 0.25) is 0 Å². The van der Waals surface area contributed by atoms with Crippen molar-refractivity contribution in [3.63, 3.8) is 0 Å². The lowest BCUT2D eigenvalue weighted by atomic mass is 10.1. The van der Waals surface area contributed by atoms with Crippen LogP contribution in [-0.4, -0.2) is 25.0 Å². The lowest BCUT2D eigenvalue weighted by Gasteiger charge is -2.16. The Bertz CT molecular complexity index is 249. The predicted octanol–water partition coefficient (Wildman–Crippen LogP) is 2.30. The fourth-order valence-electron chi connectivity index (χ4n) is 0.991. The average Bonchev–Trinajstić information content (AvgIpc) is 2.16. The van der Waals surface area contributed by atoms with Crippen molar-refractivity contribution in [1.82, 2.24) is 4.90 Å². The third-order valence-corrected chi connectivity index (χ3v) is 2.20. The van der Waals surface area contributed by atoms with E-state index in [-0.39, 0.29) is 0 Å². The zero-order valence-corrected chi connectivity index (χ0v) is 9.80. The van der Waals surface area contributed by atoms with Crippen molar-refractivity contribution in [2.45, 2.75) is 20.8 Å². The third-order valence-electron chi connectivity index (χ3n) is 2.20. The molecule has 0 aromatic rings. The van der Waals surface area contributed by atoms with Crippen molar-refractivity contribution in [2.75, 3.05) is 20.1 Å². The summed E-state index contributed by atoms with van der Waals surface area (Å²) in [4.78, 5) is 2.23. The van der Waals surface area contributed by atoms with Crippen LogP contribution in [0.25, 0.3) is 0 Å². The number of nitrogens with zero attached hydrogens (tertiary/aromatic N) is 1. The van der Waals surface area contributed by atoms with Gasteiger partial charge < -0.3 is 10.6 Å². The average molecular weight is 194 g/mol. The molecule has 0 bridgehead atoms. The smallest absolute Gasteiger partial charge is 0.0273 e. The highest BCUT2D eigenvalue weighted by Gasteiger charge is 2.02. The monoisotopic (exact) mass is 194 g/mol. The quantitative estimate of drug-likeness (QED) is 0.680. The Morgan fingerprint density at radius 1 is 1.50 bits per heavy atom. The first-order chi connectivity index (χ1) is 6.51. The molecule has 0 radical (unpaired) electrons. The van der Waals surface area contributed by atoms with E-state index in [9.17, 15) is 0 Å². The molecule has 0 amide bonds. The molecule has 0 saturated heterocycles. The number of rotatable bonds is 5. The molecule has 0 aromatic heterocycles. The molecule has 0 unspecified atom stereocenters. The van der Waals surface area contributed by atoms with Crippen LogP contribution in [0.2, 0.25) is 0 Å². The number of likely N-dealkylation sites (N-methyl/N-ethyl adjacent to an activating group) is 1. The summed E-state index contributed by atoms with van der Waals surface area (Å²) in [5, 5.41) is 0. The molecular weight excluding hydrogens is 172 g/mol. The lowest BCUT2D eigenvalue weighted by molar-refractivity contribution is 0.385. The minimum Gasteiger partial charge on any atom is -0.399 e. The van der Waals surface area contributed by atoms with Crippen molar-refractivity contribution in [3.05, 3.63) is 35.6 Å². The largest absolute Gasteiger partial charge is 0.399 e. The summed E-state index contributed by atoms with van der Waals surface area (Å²) >= 11 is 0. The number of hydrogen-bond donors (Lipinski definition) is 1. The number of allylic oxidation sites excluding steroid dienone is 2. The maximum absolute atomic E-state index is 5.75. The van der Waals surface area contributed by atoms with Crippen LogP contribution in [-0.2, 0) is 0 Å². The summed E-state index contributed by atoms with van der Waals surface area (Å²) in [6.45, 7) is 12.0. The van der Waals surface area contributed by atoms with E-state index in [2.05, 4.69) is 25.5 Å². The van der Waals surface area contributed by atoms with Gasteiger partial charge in [0.15, 0.2) is 0 Å². The molecule has 0 aromatic carbocycles. The first kappa shape index (κ1) is 13.0. The molecule has 80 valence electrons. The van der Waals surface area contributed by atoms with Crippen LogP contribution in [0.1, 0.15) is 20.8 Å². The van der Waals surface area contributed by atoms with Crippen molar-refractivity contribution in [3.8, 4) is 0 Å². The molecule has 2 N–H and O–H groups in total. The maximum Gasteiger partial charge on any atom is 0.0273 e. The zero-order chi connectivity index (χ0) is 11.1. The lowest BCUT2D eigenvalue weighted by Crippen LogP contribution is -2.21. The third kappa shape index (κ3) is 4.87. The van der Waals surface area contributed by atoms with E-state index in [4.69, 9.17) is 5.73 Å². The number of nitrogens with two attached hydrogens (primary N) is 1. The van der Waals surface area contributed by atoms with Gasteiger partial charge in [-0.05, 0) is 39.1 Å². The summed E-state index contributed by atoms with van der Waals surface area (Å²) < 4.78 is 0. The van der Waals surface area contributed by atoms with Crippen LogP contribution in [0.3, 0.4) is 0 Å². The van der Waals surface area contributed by atoms with Gasteiger partial charge in [0.1, 0.15) is 0 Å². The Morgan fingerprint density at radius 2 is 2.07 bits per heavy atom. The van der Waals surface area contributed by atoms with E-state index < -0.39 is 0 Å². The van der Waals surface area contributed by atoms with Crippen LogP contribution in [0.15, 0.2) is 35.6 Å². The summed E-state index contributed by atoms with van der Waals surface area (Å²) in [6.07, 6.45) is 3.89. The highest BCUT2D eigenvalue weighted by atomic mass is 15.1. The molecule has 0 spiro atoms. The Kier molecular flexibility index (Phi) is 5.97. The summed E-state index contributed by atoms with van der Waals surface area (Å²) in [7, 11) is 2.09. The summed E-state index contributed by atoms with van der Waals surface area (Å²) in [5.41, 5.74) is 8.83. The van der Waals surface area contributed by atoms with Crippen LogP contribution < -0.4 is 5.73 Å². The molecule has 0 aliphatic carbocycles. The van der Waals surface area contributed by atoms with Crippen molar-refractivity contribution in [1.29, 1.82) is 0 Å². The van der Waals surface area contributed by atoms with Gasteiger partial charge in [-0.3, -0.25) is 0 Å². The predicted molar refractivity (Wildman–Crippen MR) is 64.0 cm³/mol. The van der Waals surface area contributed by atoms with Gasteiger partial charge in [-0.25, -0.2) is 0 Å². The SMILES string of the molecule is C=C(C)/C(=C\C(N)=C/C)CN(C)CC. The second-order valence-electron chi connectivity index (χ2n) is 3.57. The van der Waals surface area contributed by atoms with Gasteiger partial charge in [0.05, 0.1) is 0 Å². The van der Waals surface area contributed by atoms with Gasteiger partial charge in [0, 0.05) is 12.2 Å². The first-order valence-electron chi connectivity index (χ1n) is 4.98. The highest BCUT2D eigenvalue weighted by molar-refractivity contribution is 5.34. The summed E-state index contributed by atoms with van der Waals surface area (Å²) in [5.74, 6) is 0. The molecule has 0 aliphatic rings. The van der Waals surface area contributed by atoms with Crippen molar-refractivity contribution in [2.24, 2.45) is 5.73 Å². The fraction of sp³-hybridized carbons (Fsp3) is 0.500. The molecule has 2 nitrogen and oxygen atoms in total. The van der Waals surface area contributed by atoms with Crippen molar-refractivity contribution < 1.29 is 0 Å². The van der Waals surface area contributed by atoms with E-state index in [0.29, 0.717) is 0 Å². The molecular formula is C12H22N2. The zero-order valence-electron chi connectivity index (χ0n) is 9.80. The molecule has 0 saturated carbocycles. The normalized spacial score (nSPS) is 13.5. The summed E-state index contributed by atoms with van der Waals surface area (Å²) in [6, 6.07) is 0. The minimum atomic E-state index is 0.799. The minimum absolute atomic E-state index is 0.799. The first-order valence-corrected chi connectivity index (χ1v) is 4.98. The van der Waals surface area contributed by atoms with Crippen LogP contribution in [0.4, 0.5) is 0 Å². The Hall–Kier alpha value is -1.02. The van der Waals surface area contributed by atoms with Crippen molar-refractivity contribution >= 4 is 0 Å². The second-order valence-corrected chi connectivity index (χ2v) is 3.57. The van der Waals surface area contributed by atoms with Crippen LogP contribution in [0.5, 0.6) is 0 Å². The number of hydrogen-bond acceptors (Lipinski definition) is 2. The van der Waals surface area contributed by atoms with Crippen LogP contribution in [0, 0.1) is 0 Å². The Labute approximate surface area is 87.8 Å².